The molecular formula is C12H13ClO3. The lowest BCUT2D eigenvalue weighted by Gasteiger charge is -2.04. The van der Waals surface area contributed by atoms with Gasteiger partial charge >= 0.3 is 6.16 Å². The Morgan fingerprint density at radius 2 is 2.12 bits per heavy atom. The molecule has 0 saturated heterocycles. The Kier molecular flexibility index (Phi) is 4.86. The molecule has 4 heteroatoms. The summed E-state index contributed by atoms with van der Waals surface area (Å²) in [5.41, 5.74) is 0.797. The van der Waals surface area contributed by atoms with Crippen molar-refractivity contribution in [2.45, 2.75) is 13.8 Å². The van der Waals surface area contributed by atoms with Gasteiger partial charge in [0.15, 0.2) is 0 Å². The number of carbonyl (C=O) groups excluding carboxylic acids is 1. The van der Waals surface area contributed by atoms with E-state index in [4.69, 9.17) is 16.3 Å². The second-order valence-electron chi connectivity index (χ2n) is 3.06. The molecular weight excluding hydrogens is 228 g/mol. The second-order valence-corrected chi connectivity index (χ2v) is 3.47. The third-order valence-corrected chi connectivity index (χ3v) is 2.11. The van der Waals surface area contributed by atoms with E-state index in [1.165, 1.54) is 0 Å². The van der Waals surface area contributed by atoms with E-state index in [1.807, 2.05) is 18.2 Å². The molecule has 0 atom stereocenters. The van der Waals surface area contributed by atoms with Crippen molar-refractivity contribution in [1.29, 1.82) is 0 Å². The van der Waals surface area contributed by atoms with E-state index in [0.717, 1.165) is 5.56 Å². The summed E-state index contributed by atoms with van der Waals surface area (Å²) in [6.07, 6.45) is 0.975. The number of hydrogen-bond donors (Lipinski definition) is 0. The molecule has 1 aromatic carbocycles. The molecule has 0 heterocycles. The average molecular weight is 241 g/mol. The molecule has 0 saturated carbocycles. The summed E-state index contributed by atoms with van der Waals surface area (Å²) in [6.45, 7) is 3.67. The lowest BCUT2D eigenvalue weighted by molar-refractivity contribution is 0.0826. The van der Waals surface area contributed by atoms with Gasteiger partial charge in [0.1, 0.15) is 5.76 Å². The van der Waals surface area contributed by atoms with Crippen molar-refractivity contribution in [2.24, 2.45) is 0 Å². The van der Waals surface area contributed by atoms with Gasteiger partial charge in [-0.15, -0.1) is 0 Å². The van der Waals surface area contributed by atoms with Crippen LogP contribution in [-0.2, 0) is 9.47 Å². The van der Waals surface area contributed by atoms with Crippen LogP contribution in [0.1, 0.15) is 19.4 Å². The van der Waals surface area contributed by atoms with E-state index in [1.54, 1.807) is 26.0 Å². The number of carbonyl (C=O) groups is 1. The van der Waals surface area contributed by atoms with Gasteiger partial charge in [-0.3, -0.25) is 0 Å². The first-order valence-electron chi connectivity index (χ1n) is 4.91. The van der Waals surface area contributed by atoms with Crippen LogP contribution in [0.25, 0.3) is 6.08 Å². The third-order valence-electron chi connectivity index (χ3n) is 1.77. The van der Waals surface area contributed by atoms with Gasteiger partial charge in [0.2, 0.25) is 0 Å². The molecule has 0 aliphatic heterocycles. The van der Waals surface area contributed by atoms with Crippen molar-refractivity contribution in [3.63, 3.8) is 0 Å². The molecule has 0 aliphatic rings. The summed E-state index contributed by atoms with van der Waals surface area (Å²) in [5.74, 6) is 0.437. The SMILES string of the molecule is CCOC(=O)O/C(C)=C\c1ccccc1Cl. The molecule has 0 fully saturated rings. The molecule has 86 valence electrons. The van der Waals surface area contributed by atoms with Crippen LogP contribution >= 0.6 is 11.6 Å². The molecule has 0 bridgehead atoms. The number of rotatable bonds is 3. The second kappa shape index (κ2) is 6.18. The minimum absolute atomic E-state index is 0.290. The lowest BCUT2D eigenvalue weighted by atomic mass is 10.2. The van der Waals surface area contributed by atoms with Gasteiger partial charge in [-0.25, -0.2) is 4.79 Å². The zero-order valence-electron chi connectivity index (χ0n) is 9.20. The number of halogens is 1. The summed E-state index contributed by atoms with van der Waals surface area (Å²) < 4.78 is 9.54. The highest BCUT2D eigenvalue weighted by atomic mass is 35.5. The van der Waals surface area contributed by atoms with Crippen molar-refractivity contribution in [2.75, 3.05) is 6.61 Å². The van der Waals surface area contributed by atoms with Crippen LogP contribution in [0.15, 0.2) is 30.0 Å². The zero-order chi connectivity index (χ0) is 12.0. The minimum atomic E-state index is -0.705. The van der Waals surface area contributed by atoms with Crippen LogP contribution in [-0.4, -0.2) is 12.8 Å². The lowest BCUT2D eigenvalue weighted by Crippen LogP contribution is -2.05. The quantitative estimate of drug-likeness (QED) is 0.594. The predicted octanol–water partition coefficient (Wildman–Crippen LogP) is 3.87. The van der Waals surface area contributed by atoms with Crippen molar-refractivity contribution in [3.05, 3.63) is 40.6 Å². The van der Waals surface area contributed by atoms with Crippen LogP contribution < -0.4 is 0 Å². The first-order valence-corrected chi connectivity index (χ1v) is 5.28. The Hall–Kier alpha value is -1.48. The molecule has 1 rings (SSSR count). The monoisotopic (exact) mass is 240 g/mol. The average Bonchev–Trinajstić information content (AvgIpc) is 2.21. The van der Waals surface area contributed by atoms with Crippen molar-refractivity contribution >= 4 is 23.8 Å². The predicted molar refractivity (Wildman–Crippen MR) is 63.2 cm³/mol. The topological polar surface area (TPSA) is 35.5 Å². The largest absolute Gasteiger partial charge is 0.513 e. The maximum Gasteiger partial charge on any atom is 0.513 e. The fourth-order valence-electron chi connectivity index (χ4n) is 1.12. The normalized spacial score (nSPS) is 11.1. The van der Waals surface area contributed by atoms with Crippen molar-refractivity contribution in [3.8, 4) is 0 Å². The third kappa shape index (κ3) is 3.95. The van der Waals surface area contributed by atoms with Gasteiger partial charge in [0, 0.05) is 5.02 Å². The Labute approximate surface area is 99.6 Å². The van der Waals surface area contributed by atoms with Crippen LogP contribution in [0.3, 0.4) is 0 Å². The maximum absolute atomic E-state index is 11.0. The molecule has 0 aliphatic carbocycles. The maximum atomic E-state index is 11.0. The molecule has 16 heavy (non-hydrogen) atoms. The molecule has 0 amide bonds. The number of benzene rings is 1. The standard InChI is InChI=1S/C12H13ClO3/c1-3-15-12(14)16-9(2)8-10-6-4-5-7-11(10)13/h4-8H,3H2,1-2H3/b9-8-. The van der Waals surface area contributed by atoms with Crippen molar-refractivity contribution < 1.29 is 14.3 Å². The highest BCUT2D eigenvalue weighted by molar-refractivity contribution is 6.32. The molecule has 0 radical (unpaired) electrons. The summed E-state index contributed by atoms with van der Waals surface area (Å²) >= 11 is 5.95. The van der Waals surface area contributed by atoms with Gasteiger partial charge < -0.3 is 9.47 Å². The van der Waals surface area contributed by atoms with Crippen LogP contribution in [0.4, 0.5) is 4.79 Å². The Morgan fingerprint density at radius 3 is 2.75 bits per heavy atom. The fraction of sp³-hybridized carbons (Fsp3) is 0.250. The van der Waals surface area contributed by atoms with Crippen LogP contribution in [0, 0.1) is 0 Å². The van der Waals surface area contributed by atoms with E-state index in [9.17, 15) is 4.79 Å². The zero-order valence-corrected chi connectivity index (χ0v) is 9.95. The van der Waals surface area contributed by atoms with E-state index in [0.29, 0.717) is 10.8 Å². The first kappa shape index (κ1) is 12.6. The first-order chi connectivity index (χ1) is 7.63. The van der Waals surface area contributed by atoms with Gasteiger partial charge in [-0.2, -0.15) is 0 Å². The smallest absolute Gasteiger partial charge is 0.434 e. The Morgan fingerprint density at radius 1 is 1.44 bits per heavy atom. The summed E-state index contributed by atoms with van der Waals surface area (Å²) in [5, 5.41) is 0.606. The van der Waals surface area contributed by atoms with Crippen LogP contribution in [0.5, 0.6) is 0 Å². The van der Waals surface area contributed by atoms with E-state index >= 15 is 0 Å². The van der Waals surface area contributed by atoms with Crippen LogP contribution in [0.2, 0.25) is 5.02 Å². The van der Waals surface area contributed by atoms with Gasteiger partial charge in [0.05, 0.1) is 6.61 Å². The van der Waals surface area contributed by atoms with E-state index in [2.05, 4.69) is 4.74 Å². The molecule has 0 aromatic heterocycles. The molecule has 1 aromatic rings. The molecule has 3 nitrogen and oxygen atoms in total. The van der Waals surface area contributed by atoms with Gasteiger partial charge in [0.25, 0.3) is 0 Å². The molecule has 0 spiro atoms. The molecule has 0 N–H and O–H groups in total. The van der Waals surface area contributed by atoms with Gasteiger partial charge in [-0.05, 0) is 31.6 Å². The minimum Gasteiger partial charge on any atom is -0.434 e. The van der Waals surface area contributed by atoms with E-state index in [-0.39, 0.29) is 6.61 Å². The fourth-order valence-corrected chi connectivity index (χ4v) is 1.31. The van der Waals surface area contributed by atoms with E-state index < -0.39 is 6.16 Å². The number of ether oxygens (including phenoxy) is 2. The highest BCUT2D eigenvalue weighted by Gasteiger charge is 2.04. The molecule has 0 unspecified atom stereocenters. The van der Waals surface area contributed by atoms with Crippen molar-refractivity contribution in [1.82, 2.24) is 0 Å². The number of hydrogen-bond acceptors (Lipinski definition) is 3. The summed E-state index contributed by atoms with van der Waals surface area (Å²) in [7, 11) is 0. The summed E-state index contributed by atoms with van der Waals surface area (Å²) in [6, 6.07) is 7.29. The summed E-state index contributed by atoms with van der Waals surface area (Å²) in [4.78, 5) is 11.0. The van der Waals surface area contributed by atoms with Gasteiger partial charge in [-0.1, -0.05) is 29.8 Å². The Balaban J connectivity index is 2.70. The highest BCUT2D eigenvalue weighted by Crippen LogP contribution is 2.18. The Bertz CT molecular complexity index is 399. The number of allylic oxidation sites excluding steroid dienone is 1.